The lowest BCUT2D eigenvalue weighted by atomic mass is 10.0. The van der Waals surface area contributed by atoms with Gasteiger partial charge in [-0.1, -0.05) is 26.3 Å². The first-order valence-corrected chi connectivity index (χ1v) is 6.21. The molecule has 0 aromatic rings. The first-order valence-electron chi connectivity index (χ1n) is 6.21. The third-order valence-corrected chi connectivity index (χ3v) is 2.81. The minimum absolute atomic E-state index is 0.0283. The van der Waals surface area contributed by atoms with Crippen LogP contribution < -0.4 is 0 Å². The van der Waals surface area contributed by atoms with Gasteiger partial charge in [0.15, 0.2) is 0 Å². The average molecular weight is 227 g/mol. The molecule has 1 N–H and O–H groups in total. The summed E-state index contributed by atoms with van der Waals surface area (Å²) in [6, 6.07) is 0. The summed E-state index contributed by atoms with van der Waals surface area (Å²) in [7, 11) is 0. The molecule has 0 aliphatic heterocycles. The number of hydrogen-bond acceptors (Lipinski definition) is 2. The molecular weight excluding hydrogens is 202 g/mol. The summed E-state index contributed by atoms with van der Waals surface area (Å²) in [5, 5.41) is 9.71. The maximum Gasteiger partial charge on any atom is 0.246 e. The van der Waals surface area contributed by atoms with Crippen LogP contribution in [0.2, 0.25) is 0 Å². The second-order valence-electron chi connectivity index (χ2n) is 4.08. The van der Waals surface area contributed by atoms with Gasteiger partial charge in [0.1, 0.15) is 0 Å². The molecule has 0 aromatic heterocycles. The molecule has 0 radical (unpaired) electrons. The normalized spacial score (nSPS) is 15.1. The predicted octanol–water partition coefficient (Wildman–Crippen LogP) is 2.21. The Hall–Kier alpha value is -0.830. The maximum atomic E-state index is 11.6. The van der Waals surface area contributed by atoms with E-state index >= 15 is 0 Å². The van der Waals surface area contributed by atoms with Crippen LogP contribution in [-0.4, -0.2) is 35.1 Å². The highest BCUT2D eigenvalue weighted by Crippen LogP contribution is 2.10. The quantitative estimate of drug-likeness (QED) is 0.677. The summed E-state index contributed by atoms with van der Waals surface area (Å²) in [5.74, 6) is 0.0695. The van der Waals surface area contributed by atoms with E-state index in [0.29, 0.717) is 0 Å². The summed E-state index contributed by atoms with van der Waals surface area (Å²) in [6.45, 7) is 9.36. The van der Waals surface area contributed by atoms with Gasteiger partial charge in [0.25, 0.3) is 0 Å². The highest BCUT2D eigenvalue weighted by Gasteiger charge is 2.11. The largest absolute Gasteiger partial charge is 0.393 e. The minimum Gasteiger partial charge on any atom is -0.393 e. The topological polar surface area (TPSA) is 40.5 Å². The van der Waals surface area contributed by atoms with Crippen molar-refractivity contribution >= 4 is 5.91 Å². The van der Waals surface area contributed by atoms with E-state index in [0.717, 1.165) is 25.9 Å². The fourth-order valence-corrected chi connectivity index (χ4v) is 1.56. The maximum absolute atomic E-state index is 11.6. The Morgan fingerprint density at radius 1 is 1.31 bits per heavy atom. The number of likely N-dealkylation sites (N-methyl/N-ethyl adjacent to an activating group) is 1. The van der Waals surface area contributed by atoms with E-state index in [-0.39, 0.29) is 17.9 Å². The number of carbonyl (C=O) groups is 1. The molecule has 3 nitrogen and oxygen atoms in total. The Labute approximate surface area is 99.1 Å². The van der Waals surface area contributed by atoms with E-state index in [9.17, 15) is 9.90 Å². The highest BCUT2D eigenvalue weighted by atomic mass is 16.3. The van der Waals surface area contributed by atoms with Crippen molar-refractivity contribution in [3.8, 4) is 0 Å². The first kappa shape index (κ1) is 15.2. The fourth-order valence-electron chi connectivity index (χ4n) is 1.56. The molecule has 0 bridgehead atoms. The van der Waals surface area contributed by atoms with Crippen LogP contribution in [0.3, 0.4) is 0 Å². The standard InChI is InChI=1S/C13H25NO2/c1-5-8-12(15)11(4)9-10-13(16)14(6-2)7-3/h9-12,15H,5-8H2,1-4H3/b10-9+/t11-,12+/m1/s1. The second-order valence-corrected chi connectivity index (χ2v) is 4.08. The van der Waals surface area contributed by atoms with Crippen LogP contribution in [0, 0.1) is 5.92 Å². The Morgan fingerprint density at radius 2 is 1.88 bits per heavy atom. The van der Waals surface area contributed by atoms with Crippen molar-refractivity contribution in [2.45, 2.75) is 46.6 Å². The van der Waals surface area contributed by atoms with Gasteiger partial charge in [-0.3, -0.25) is 4.79 Å². The summed E-state index contributed by atoms with van der Waals surface area (Å²) < 4.78 is 0. The molecule has 0 heterocycles. The number of aliphatic hydroxyl groups is 1. The Kier molecular flexibility index (Phi) is 7.90. The Bertz CT molecular complexity index is 222. The van der Waals surface area contributed by atoms with Gasteiger partial charge >= 0.3 is 0 Å². The number of rotatable bonds is 7. The van der Waals surface area contributed by atoms with Crippen molar-refractivity contribution in [2.75, 3.05) is 13.1 Å². The molecule has 0 fully saturated rings. The number of nitrogens with zero attached hydrogens (tertiary/aromatic N) is 1. The zero-order valence-corrected chi connectivity index (χ0v) is 10.9. The van der Waals surface area contributed by atoms with Crippen molar-refractivity contribution in [1.82, 2.24) is 4.90 Å². The van der Waals surface area contributed by atoms with Gasteiger partial charge in [-0.15, -0.1) is 0 Å². The van der Waals surface area contributed by atoms with Gasteiger partial charge in [-0.05, 0) is 26.3 Å². The number of carbonyl (C=O) groups excluding carboxylic acids is 1. The number of hydrogen-bond donors (Lipinski definition) is 1. The summed E-state index contributed by atoms with van der Waals surface area (Å²) in [6.07, 6.45) is 4.79. The van der Waals surface area contributed by atoms with Crippen molar-refractivity contribution in [2.24, 2.45) is 5.92 Å². The van der Waals surface area contributed by atoms with E-state index in [1.54, 1.807) is 17.1 Å². The lowest BCUT2D eigenvalue weighted by Crippen LogP contribution is -2.29. The molecule has 0 rings (SSSR count). The average Bonchev–Trinajstić information content (AvgIpc) is 2.27. The Balaban J connectivity index is 4.20. The van der Waals surface area contributed by atoms with Gasteiger partial charge in [-0.2, -0.15) is 0 Å². The minimum atomic E-state index is -0.342. The lowest BCUT2D eigenvalue weighted by molar-refractivity contribution is -0.125. The van der Waals surface area contributed by atoms with Crippen LogP contribution in [0.1, 0.15) is 40.5 Å². The molecular formula is C13H25NO2. The fraction of sp³-hybridized carbons (Fsp3) is 0.769. The molecule has 0 aliphatic carbocycles. The smallest absolute Gasteiger partial charge is 0.246 e. The van der Waals surface area contributed by atoms with Crippen molar-refractivity contribution in [1.29, 1.82) is 0 Å². The van der Waals surface area contributed by atoms with E-state index in [1.807, 2.05) is 27.7 Å². The van der Waals surface area contributed by atoms with Crippen molar-refractivity contribution in [3.05, 3.63) is 12.2 Å². The van der Waals surface area contributed by atoms with E-state index in [4.69, 9.17) is 0 Å². The highest BCUT2D eigenvalue weighted by molar-refractivity contribution is 5.87. The molecule has 2 atom stereocenters. The molecule has 3 heteroatoms. The molecule has 1 amide bonds. The van der Waals surface area contributed by atoms with Gasteiger partial charge in [-0.25, -0.2) is 0 Å². The molecule has 0 saturated carbocycles. The van der Waals surface area contributed by atoms with Crippen LogP contribution in [-0.2, 0) is 4.79 Å². The summed E-state index contributed by atoms with van der Waals surface area (Å²) in [4.78, 5) is 13.4. The van der Waals surface area contributed by atoms with Gasteiger partial charge in [0.05, 0.1) is 6.10 Å². The van der Waals surface area contributed by atoms with Crippen LogP contribution in [0.5, 0.6) is 0 Å². The SMILES string of the molecule is CCC[C@H](O)[C@H](C)/C=C/C(=O)N(CC)CC. The van der Waals surface area contributed by atoms with Crippen molar-refractivity contribution in [3.63, 3.8) is 0 Å². The lowest BCUT2D eigenvalue weighted by Gasteiger charge is -2.17. The number of amides is 1. The van der Waals surface area contributed by atoms with Gasteiger partial charge < -0.3 is 10.0 Å². The van der Waals surface area contributed by atoms with Crippen LogP contribution in [0.25, 0.3) is 0 Å². The molecule has 0 aromatic carbocycles. The van der Waals surface area contributed by atoms with Gasteiger partial charge in [0.2, 0.25) is 5.91 Å². The van der Waals surface area contributed by atoms with Gasteiger partial charge in [0, 0.05) is 19.0 Å². The molecule has 0 unspecified atom stereocenters. The van der Waals surface area contributed by atoms with E-state index in [2.05, 4.69) is 0 Å². The summed E-state index contributed by atoms with van der Waals surface area (Å²) >= 11 is 0. The first-order chi connectivity index (χ1) is 7.56. The molecule has 0 aliphatic rings. The molecule has 16 heavy (non-hydrogen) atoms. The van der Waals surface area contributed by atoms with Crippen LogP contribution in [0.4, 0.5) is 0 Å². The third kappa shape index (κ3) is 5.31. The summed E-state index contributed by atoms with van der Waals surface area (Å²) in [5.41, 5.74) is 0. The van der Waals surface area contributed by atoms with E-state index in [1.165, 1.54) is 0 Å². The number of aliphatic hydroxyl groups excluding tert-OH is 1. The third-order valence-electron chi connectivity index (χ3n) is 2.81. The van der Waals surface area contributed by atoms with Crippen LogP contribution in [0.15, 0.2) is 12.2 Å². The zero-order valence-electron chi connectivity index (χ0n) is 10.9. The zero-order chi connectivity index (χ0) is 12.6. The molecule has 0 spiro atoms. The predicted molar refractivity (Wildman–Crippen MR) is 67.1 cm³/mol. The monoisotopic (exact) mass is 227 g/mol. The molecule has 94 valence electrons. The Morgan fingerprint density at radius 3 is 2.31 bits per heavy atom. The van der Waals surface area contributed by atoms with Crippen molar-refractivity contribution < 1.29 is 9.90 Å². The molecule has 0 saturated heterocycles. The van der Waals surface area contributed by atoms with Crippen LogP contribution >= 0.6 is 0 Å². The second kappa shape index (κ2) is 8.34. The van der Waals surface area contributed by atoms with E-state index < -0.39 is 0 Å².